The van der Waals surface area contributed by atoms with E-state index in [1.165, 1.54) is 11.6 Å². The first kappa shape index (κ1) is 17.3. The second-order valence-electron chi connectivity index (χ2n) is 6.99. The van der Waals surface area contributed by atoms with Crippen LogP contribution in [0.4, 0.5) is 5.82 Å². The lowest BCUT2D eigenvalue weighted by Gasteiger charge is -2.29. The van der Waals surface area contributed by atoms with Crippen LogP contribution in [0, 0.1) is 0 Å². The van der Waals surface area contributed by atoms with Gasteiger partial charge in [-0.25, -0.2) is 14.4 Å². The smallest absolute Gasteiger partial charge is 0.417 e. The summed E-state index contributed by atoms with van der Waals surface area (Å²) in [7, 11) is 4.72. The van der Waals surface area contributed by atoms with Crippen LogP contribution in [0.25, 0.3) is 0 Å². The van der Waals surface area contributed by atoms with E-state index in [2.05, 4.69) is 4.99 Å². The molecule has 2 N–H and O–H groups in total. The standard InChI is InChI=1S/C20H21N3O4/c1-22-18-17(19(25)23(2)20(22)26)15(11-7-9-12(27-3)10-8-11)16-13(21-18)5-4-6-14(16)24/h7-10,15,24H,4-6H2,1-3H3/p+1. The van der Waals surface area contributed by atoms with Crippen molar-refractivity contribution in [1.82, 2.24) is 9.13 Å². The number of aliphatic hydroxyl groups is 1. The third kappa shape index (κ3) is 2.53. The predicted octanol–water partition coefficient (Wildman–Crippen LogP) is 0.387. The Labute approximate surface area is 155 Å². The molecule has 7 heteroatoms. The van der Waals surface area contributed by atoms with Crippen molar-refractivity contribution < 1.29 is 14.8 Å². The van der Waals surface area contributed by atoms with E-state index < -0.39 is 5.92 Å². The van der Waals surface area contributed by atoms with Gasteiger partial charge in [-0.3, -0.25) is 4.79 Å². The van der Waals surface area contributed by atoms with Gasteiger partial charge in [0.15, 0.2) is 0 Å². The Balaban J connectivity index is 2.08. The molecule has 2 aromatic rings. The van der Waals surface area contributed by atoms with Gasteiger partial charge in [-0.15, -0.1) is 0 Å². The molecule has 0 spiro atoms. The first-order chi connectivity index (χ1) is 12.9. The fraction of sp³-hybridized carbons (Fsp3) is 0.350. The molecule has 140 valence electrons. The van der Waals surface area contributed by atoms with Gasteiger partial charge < -0.3 is 9.84 Å². The summed E-state index contributed by atoms with van der Waals surface area (Å²) in [6.07, 6.45) is 2.16. The predicted molar refractivity (Wildman–Crippen MR) is 101 cm³/mol. The van der Waals surface area contributed by atoms with Gasteiger partial charge in [-0.1, -0.05) is 12.1 Å². The average molecular weight is 368 g/mol. The maximum atomic E-state index is 13.0. The summed E-state index contributed by atoms with van der Waals surface area (Å²) in [6.45, 7) is 0. The van der Waals surface area contributed by atoms with Gasteiger partial charge in [0, 0.05) is 25.5 Å². The van der Waals surface area contributed by atoms with Gasteiger partial charge >= 0.3 is 5.69 Å². The Morgan fingerprint density at radius 2 is 1.81 bits per heavy atom. The number of nitrogens with one attached hydrogen (secondary N) is 1. The minimum atomic E-state index is -0.437. The Bertz CT molecular complexity index is 1100. The maximum absolute atomic E-state index is 13.0. The minimum absolute atomic E-state index is 0.297. The number of rotatable bonds is 2. The van der Waals surface area contributed by atoms with Crippen molar-refractivity contribution >= 4 is 11.5 Å². The third-order valence-electron chi connectivity index (χ3n) is 5.47. The molecule has 1 aromatic carbocycles. The number of methoxy groups -OCH3 is 1. The van der Waals surface area contributed by atoms with Crippen molar-refractivity contribution in [1.29, 1.82) is 0 Å². The van der Waals surface area contributed by atoms with Gasteiger partial charge in [0.1, 0.15) is 22.8 Å². The zero-order valence-corrected chi connectivity index (χ0v) is 15.6. The largest absolute Gasteiger partial charge is 0.512 e. The van der Waals surface area contributed by atoms with Crippen molar-refractivity contribution in [2.75, 3.05) is 7.11 Å². The van der Waals surface area contributed by atoms with E-state index >= 15 is 0 Å². The zero-order chi connectivity index (χ0) is 19.3. The number of ether oxygens (including phenoxy) is 1. The van der Waals surface area contributed by atoms with Crippen LogP contribution < -0.4 is 21.0 Å². The Hall–Kier alpha value is -3.09. The van der Waals surface area contributed by atoms with E-state index in [9.17, 15) is 14.7 Å². The third-order valence-corrected chi connectivity index (χ3v) is 5.47. The first-order valence-electron chi connectivity index (χ1n) is 8.93. The van der Waals surface area contributed by atoms with Gasteiger partial charge in [-0.2, -0.15) is 4.57 Å². The maximum Gasteiger partial charge on any atom is 0.417 e. The van der Waals surface area contributed by atoms with Gasteiger partial charge in [0.2, 0.25) is 0 Å². The highest BCUT2D eigenvalue weighted by atomic mass is 16.5. The SMILES string of the molecule is COc1ccc(C2C3=C(O)CCCC3=[NH+]c3c2c(=O)n(C)c(=O)n3C)cc1. The molecule has 1 aliphatic heterocycles. The second-order valence-corrected chi connectivity index (χ2v) is 6.99. The number of benzene rings is 1. The van der Waals surface area contributed by atoms with Crippen LogP contribution in [0.15, 0.2) is 45.2 Å². The number of fused-ring (bicyclic) bond motifs is 2. The van der Waals surface area contributed by atoms with Gasteiger partial charge in [-0.05, 0) is 24.1 Å². The van der Waals surface area contributed by atoms with Crippen LogP contribution >= 0.6 is 0 Å². The van der Waals surface area contributed by atoms with Crippen LogP contribution in [0.1, 0.15) is 36.3 Å². The fourth-order valence-electron chi connectivity index (χ4n) is 4.05. The molecule has 1 unspecified atom stereocenters. The highest BCUT2D eigenvalue weighted by molar-refractivity contribution is 6.00. The summed E-state index contributed by atoms with van der Waals surface area (Å²) < 4.78 is 7.82. The van der Waals surface area contributed by atoms with E-state index in [0.717, 1.165) is 34.3 Å². The fourth-order valence-corrected chi connectivity index (χ4v) is 4.05. The van der Waals surface area contributed by atoms with Crippen molar-refractivity contribution in [3.8, 4) is 5.75 Å². The van der Waals surface area contributed by atoms with Crippen LogP contribution in [0.5, 0.6) is 5.75 Å². The number of hydrogen-bond acceptors (Lipinski definition) is 4. The summed E-state index contributed by atoms with van der Waals surface area (Å²) in [4.78, 5) is 28.7. The molecule has 2 heterocycles. The van der Waals surface area contributed by atoms with Crippen molar-refractivity contribution in [2.24, 2.45) is 14.1 Å². The van der Waals surface area contributed by atoms with Crippen LogP contribution in [-0.2, 0) is 14.1 Å². The molecule has 27 heavy (non-hydrogen) atoms. The normalized spacial score (nSPS) is 18.6. The lowest BCUT2D eigenvalue weighted by molar-refractivity contribution is -0.367. The summed E-state index contributed by atoms with van der Waals surface area (Å²) in [5, 5.41) is 10.7. The first-order valence-corrected chi connectivity index (χ1v) is 8.93. The molecule has 1 aliphatic carbocycles. The second kappa shape index (κ2) is 6.26. The molecule has 2 aliphatic rings. The minimum Gasteiger partial charge on any atom is -0.512 e. The highest BCUT2D eigenvalue weighted by Gasteiger charge is 2.40. The average Bonchev–Trinajstić information content (AvgIpc) is 2.69. The summed E-state index contributed by atoms with van der Waals surface area (Å²) in [5.41, 5.74) is 2.22. The summed E-state index contributed by atoms with van der Waals surface area (Å²) in [5.74, 6) is 1.07. The summed E-state index contributed by atoms with van der Waals surface area (Å²) >= 11 is 0. The quantitative estimate of drug-likeness (QED) is 0.803. The molecular weight excluding hydrogens is 346 g/mol. The molecule has 0 saturated carbocycles. The Kier molecular flexibility index (Phi) is 4.02. The van der Waals surface area contributed by atoms with Crippen LogP contribution in [-0.4, -0.2) is 27.1 Å². The lowest BCUT2D eigenvalue weighted by Crippen LogP contribution is -2.73. The summed E-state index contributed by atoms with van der Waals surface area (Å²) in [6, 6.07) is 7.47. The molecular formula is C20H22N3O4+. The van der Waals surface area contributed by atoms with Gasteiger partial charge in [0.05, 0.1) is 20.1 Å². The number of aliphatic hydroxyl groups excluding tert-OH is 1. The number of hydrogen-bond donors (Lipinski definition) is 2. The molecule has 0 saturated heterocycles. The van der Waals surface area contributed by atoms with Crippen molar-refractivity contribution in [2.45, 2.75) is 25.2 Å². The molecule has 7 nitrogen and oxygen atoms in total. The number of aromatic nitrogens is 2. The number of nitrogens with zero attached hydrogens (tertiary/aromatic N) is 2. The van der Waals surface area contributed by atoms with Crippen LogP contribution in [0.3, 0.4) is 0 Å². The van der Waals surface area contributed by atoms with E-state index in [1.54, 1.807) is 14.2 Å². The topological polar surface area (TPSA) is 87.4 Å². The lowest BCUT2D eigenvalue weighted by atomic mass is 9.77. The molecule has 1 atom stereocenters. The Morgan fingerprint density at radius 3 is 2.48 bits per heavy atom. The van der Waals surface area contributed by atoms with Crippen molar-refractivity contribution in [3.63, 3.8) is 0 Å². The van der Waals surface area contributed by atoms with E-state index in [0.29, 0.717) is 29.3 Å². The molecule has 0 radical (unpaired) electrons. The van der Waals surface area contributed by atoms with E-state index in [-0.39, 0.29) is 11.2 Å². The van der Waals surface area contributed by atoms with Crippen LogP contribution in [0.2, 0.25) is 0 Å². The zero-order valence-electron chi connectivity index (χ0n) is 15.6. The van der Waals surface area contributed by atoms with E-state index in [1.807, 2.05) is 24.3 Å². The molecule has 4 rings (SSSR count). The Morgan fingerprint density at radius 1 is 1.11 bits per heavy atom. The molecule has 0 amide bonds. The van der Waals surface area contributed by atoms with Crippen molar-refractivity contribution in [3.05, 3.63) is 67.6 Å². The van der Waals surface area contributed by atoms with E-state index in [4.69, 9.17) is 4.74 Å². The molecule has 0 bridgehead atoms. The highest BCUT2D eigenvalue weighted by Crippen LogP contribution is 2.39. The number of allylic oxidation sites excluding steroid dienone is 2. The molecule has 0 fully saturated rings. The monoisotopic (exact) mass is 368 g/mol. The molecule has 1 aromatic heterocycles. The van der Waals surface area contributed by atoms with Gasteiger partial charge in [0.25, 0.3) is 11.4 Å².